The smallest absolute Gasteiger partial charge is 0.0826 e. The minimum absolute atomic E-state index is 0.375. The van der Waals surface area contributed by atoms with Crippen molar-refractivity contribution in [2.75, 3.05) is 45.3 Å². The van der Waals surface area contributed by atoms with Crippen LogP contribution in [-0.4, -0.2) is 62.3 Å². The molecule has 2 unspecified atom stereocenters. The summed E-state index contributed by atoms with van der Waals surface area (Å²) in [5, 5.41) is 3.37. The van der Waals surface area contributed by atoms with Gasteiger partial charge in [-0.25, -0.2) is 0 Å². The Balaban J connectivity index is 2.17. The van der Waals surface area contributed by atoms with E-state index in [0.717, 1.165) is 26.2 Å². The second-order valence-electron chi connectivity index (χ2n) is 4.27. The fourth-order valence-corrected chi connectivity index (χ4v) is 2.32. The van der Waals surface area contributed by atoms with Gasteiger partial charge in [-0.05, 0) is 32.4 Å². The average molecular weight is 232 g/mol. The average Bonchev–Trinajstić information content (AvgIpc) is 2.27. The van der Waals surface area contributed by atoms with E-state index in [9.17, 15) is 0 Å². The van der Waals surface area contributed by atoms with Crippen molar-refractivity contribution in [2.24, 2.45) is 0 Å². The lowest BCUT2D eigenvalue weighted by Gasteiger charge is -2.31. The van der Waals surface area contributed by atoms with Crippen LogP contribution in [0.2, 0.25) is 0 Å². The highest BCUT2D eigenvalue weighted by atomic mass is 32.2. The summed E-state index contributed by atoms with van der Waals surface area (Å²) < 4.78 is 5.69. The number of thioether (sulfide) groups is 1. The first-order chi connectivity index (χ1) is 7.24. The molecule has 90 valence electrons. The zero-order valence-corrected chi connectivity index (χ0v) is 11.0. The third-order valence-electron chi connectivity index (χ3n) is 2.99. The van der Waals surface area contributed by atoms with E-state index in [1.54, 1.807) is 0 Å². The summed E-state index contributed by atoms with van der Waals surface area (Å²) in [4.78, 5) is 2.41. The third-order valence-corrected chi connectivity index (χ3v) is 3.63. The summed E-state index contributed by atoms with van der Waals surface area (Å²) in [6.07, 6.45) is 3.80. The molecule has 0 amide bonds. The zero-order chi connectivity index (χ0) is 11.1. The SMILES string of the molecule is CSCCC(C)N(C)CC1CNCCO1. The molecule has 4 heteroatoms. The maximum absolute atomic E-state index is 5.69. The molecule has 0 spiro atoms. The van der Waals surface area contributed by atoms with E-state index in [0.29, 0.717) is 12.1 Å². The van der Waals surface area contributed by atoms with Gasteiger partial charge in [0.2, 0.25) is 0 Å². The van der Waals surface area contributed by atoms with Gasteiger partial charge in [0, 0.05) is 25.7 Å². The van der Waals surface area contributed by atoms with E-state index >= 15 is 0 Å². The Morgan fingerprint density at radius 2 is 2.40 bits per heavy atom. The Labute approximate surface area is 97.9 Å². The van der Waals surface area contributed by atoms with Crippen molar-refractivity contribution in [1.82, 2.24) is 10.2 Å². The molecular formula is C11H24N2OS. The zero-order valence-electron chi connectivity index (χ0n) is 10.2. The van der Waals surface area contributed by atoms with E-state index in [2.05, 4.69) is 30.4 Å². The van der Waals surface area contributed by atoms with E-state index in [1.807, 2.05) is 11.8 Å². The predicted molar refractivity (Wildman–Crippen MR) is 67.7 cm³/mol. The molecule has 3 nitrogen and oxygen atoms in total. The molecule has 0 radical (unpaired) electrons. The number of hydrogen-bond acceptors (Lipinski definition) is 4. The Bertz CT molecular complexity index is 163. The van der Waals surface area contributed by atoms with Crippen LogP contribution in [0, 0.1) is 0 Å². The number of rotatable bonds is 6. The van der Waals surface area contributed by atoms with Gasteiger partial charge in [0.1, 0.15) is 0 Å². The lowest BCUT2D eigenvalue weighted by Crippen LogP contribution is -2.46. The third kappa shape index (κ3) is 5.20. The second-order valence-corrected chi connectivity index (χ2v) is 5.25. The van der Waals surface area contributed by atoms with E-state index in [1.165, 1.54) is 12.2 Å². The monoisotopic (exact) mass is 232 g/mol. The molecule has 1 heterocycles. The summed E-state index contributed by atoms with van der Waals surface area (Å²) in [6, 6.07) is 0.656. The van der Waals surface area contributed by atoms with Crippen LogP contribution < -0.4 is 5.32 Å². The molecule has 1 N–H and O–H groups in total. The van der Waals surface area contributed by atoms with Gasteiger partial charge in [-0.15, -0.1) is 0 Å². The van der Waals surface area contributed by atoms with Crippen LogP contribution in [0.5, 0.6) is 0 Å². The topological polar surface area (TPSA) is 24.5 Å². The Morgan fingerprint density at radius 1 is 1.60 bits per heavy atom. The highest BCUT2D eigenvalue weighted by molar-refractivity contribution is 7.98. The van der Waals surface area contributed by atoms with E-state index in [4.69, 9.17) is 4.74 Å². The maximum atomic E-state index is 5.69. The maximum Gasteiger partial charge on any atom is 0.0826 e. The molecule has 0 saturated carbocycles. The summed E-state index contributed by atoms with van der Waals surface area (Å²) >= 11 is 1.92. The molecule has 1 saturated heterocycles. The first-order valence-corrected chi connectivity index (χ1v) is 7.15. The number of nitrogens with one attached hydrogen (secondary N) is 1. The van der Waals surface area contributed by atoms with Crippen molar-refractivity contribution in [3.63, 3.8) is 0 Å². The van der Waals surface area contributed by atoms with Gasteiger partial charge in [0.25, 0.3) is 0 Å². The molecule has 1 aliphatic heterocycles. The molecule has 1 rings (SSSR count). The molecule has 1 aliphatic rings. The quantitative estimate of drug-likeness (QED) is 0.740. The fraction of sp³-hybridized carbons (Fsp3) is 1.00. The minimum Gasteiger partial charge on any atom is -0.374 e. The van der Waals surface area contributed by atoms with Crippen molar-refractivity contribution >= 4 is 11.8 Å². The largest absolute Gasteiger partial charge is 0.374 e. The number of likely N-dealkylation sites (N-methyl/N-ethyl adjacent to an activating group) is 1. The van der Waals surface area contributed by atoms with Crippen LogP contribution >= 0.6 is 11.8 Å². The van der Waals surface area contributed by atoms with Gasteiger partial charge < -0.3 is 15.0 Å². The lowest BCUT2D eigenvalue weighted by atomic mass is 10.2. The predicted octanol–water partition coefficient (Wildman–Crippen LogP) is 1.05. The van der Waals surface area contributed by atoms with Crippen molar-refractivity contribution < 1.29 is 4.74 Å². The van der Waals surface area contributed by atoms with Crippen LogP contribution in [0.1, 0.15) is 13.3 Å². The first kappa shape index (κ1) is 13.3. The van der Waals surface area contributed by atoms with Crippen LogP contribution in [0.25, 0.3) is 0 Å². The summed E-state index contributed by atoms with van der Waals surface area (Å²) in [5.41, 5.74) is 0. The summed E-state index contributed by atoms with van der Waals surface area (Å²) in [5.74, 6) is 1.25. The lowest BCUT2D eigenvalue weighted by molar-refractivity contribution is 0.00396. The van der Waals surface area contributed by atoms with Crippen LogP contribution in [0.15, 0.2) is 0 Å². The normalized spacial score (nSPS) is 24.4. The molecule has 0 aliphatic carbocycles. The van der Waals surface area contributed by atoms with Crippen molar-refractivity contribution in [1.29, 1.82) is 0 Å². The van der Waals surface area contributed by atoms with E-state index < -0.39 is 0 Å². The number of hydrogen-bond donors (Lipinski definition) is 1. The molecule has 1 fully saturated rings. The summed E-state index contributed by atoms with van der Waals surface area (Å²) in [6.45, 7) is 6.20. The van der Waals surface area contributed by atoms with Crippen molar-refractivity contribution in [3.05, 3.63) is 0 Å². The molecule has 0 bridgehead atoms. The van der Waals surface area contributed by atoms with Crippen LogP contribution in [0.3, 0.4) is 0 Å². The number of morpholine rings is 1. The summed E-state index contributed by atoms with van der Waals surface area (Å²) in [7, 11) is 2.20. The minimum atomic E-state index is 0.375. The Morgan fingerprint density at radius 3 is 3.00 bits per heavy atom. The molecule has 0 aromatic rings. The highest BCUT2D eigenvalue weighted by Crippen LogP contribution is 2.08. The van der Waals surface area contributed by atoms with Crippen LogP contribution in [0.4, 0.5) is 0 Å². The molecule has 0 aromatic carbocycles. The number of nitrogens with zero attached hydrogens (tertiary/aromatic N) is 1. The molecular weight excluding hydrogens is 208 g/mol. The second kappa shape index (κ2) is 7.49. The first-order valence-electron chi connectivity index (χ1n) is 5.75. The van der Waals surface area contributed by atoms with E-state index in [-0.39, 0.29) is 0 Å². The highest BCUT2D eigenvalue weighted by Gasteiger charge is 2.17. The van der Waals surface area contributed by atoms with Crippen molar-refractivity contribution in [2.45, 2.75) is 25.5 Å². The Hall–Kier alpha value is 0.230. The van der Waals surface area contributed by atoms with Gasteiger partial charge >= 0.3 is 0 Å². The fourth-order valence-electron chi connectivity index (χ4n) is 1.75. The standard InChI is InChI=1S/C11H24N2OS/c1-10(4-7-15-3)13(2)9-11-8-12-5-6-14-11/h10-12H,4-9H2,1-3H3. The van der Waals surface area contributed by atoms with Gasteiger partial charge in [-0.1, -0.05) is 0 Å². The van der Waals surface area contributed by atoms with Crippen molar-refractivity contribution in [3.8, 4) is 0 Å². The number of ether oxygens (including phenoxy) is 1. The van der Waals surface area contributed by atoms with Gasteiger partial charge in [-0.3, -0.25) is 0 Å². The van der Waals surface area contributed by atoms with Gasteiger partial charge in [-0.2, -0.15) is 11.8 Å². The Kier molecular flexibility index (Phi) is 6.64. The van der Waals surface area contributed by atoms with Gasteiger partial charge in [0.05, 0.1) is 12.7 Å². The molecule has 15 heavy (non-hydrogen) atoms. The van der Waals surface area contributed by atoms with Gasteiger partial charge in [0.15, 0.2) is 0 Å². The molecule has 2 atom stereocenters. The van der Waals surface area contributed by atoms with Crippen LogP contribution in [-0.2, 0) is 4.74 Å². The molecule has 0 aromatic heterocycles.